The van der Waals surface area contributed by atoms with Crippen LogP contribution < -0.4 is 4.72 Å². The van der Waals surface area contributed by atoms with Crippen LogP contribution in [-0.2, 0) is 15.1 Å². The van der Waals surface area contributed by atoms with Crippen LogP contribution in [0.4, 0.5) is 0 Å². The monoisotopic (exact) mass is 545 g/mol. The molecule has 0 aliphatic carbocycles. The number of carbonyl (C=O) groups excluding carboxylic acids is 1. The fraction of sp³-hybridized carbons (Fsp3) is 0.485. The van der Waals surface area contributed by atoms with Crippen LogP contribution in [0.5, 0.6) is 0 Å². The Hall–Kier alpha value is -2.38. The molecule has 2 saturated heterocycles. The van der Waals surface area contributed by atoms with Crippen molar-refractivity contribution in [3.8, 4) is 0 Å². The van der Waals surface area contributed by atoms with E-state index >= 15 is 0 Å². The molecule has 2 aliphatic rings. The lowest BCUT2D eigenvalue weighted by Crippen LogP contribution is -2.51. The molecule has 0 radical (unpaired) electrons. The zero-order valence-corrected chi connectivity index (χ0v) is 24.5. The Morgan fingerprint density at radius 1 is 0.974 bits per heavy atom. The minimum absolute atomic E-state index is 0.165. The number of benzene rings is 3. The summed E-state index contributed by atoms with van der Waals surface area (Å²) in [5.74, 6) is 0.874. The highest BCUT2D eigenvalue weighted by molar-refractivity contribution is 7.97. The van der Waals surface area contributed by atoms with Gasteiger partial charge in [0, 0.05) is 29.9 Å². The van der Waals surface area contributed by atoms with Gasteiger partial charge in [0.25, 0.3) is 0 Å². The fourth-order valence-corrected chi connectivity index (χ4v) is 6.63. The summed E-state index contributed by atoms with van der Waals surface area (Å²) in [6.07, 6.45) is 4.23. The molecule has 1 unspecified atom stereocenters. The van der Waals surface area contributed by atoms with E-state index in [0.29, 0.717) is 12.6 Å². The van der Waals surface area contributed by atoms with Gasteiger partial charge in [0.2, 0.25) is 5.91 Å². The van der Waals surface area contributed by atoms with E-state index in [0.717, 1.165) is 45.6 Å². The zero-order valence-electron chi connectivity index (χ0n) is 23.7. The van der Waals surface area contributed by atoms with Crippen LogP contribution in [0.3, 0.4) is 0 Å². The minimum atomic E-state index is -0.386. The normalized spacial score (nSPS) is 21.4. The second-order valence-electron chi connectivity index (χ2n) is 12.2. The molecule has 2 heterocycles. The molecular formula is C33H43N3O2S. The lowest BCUT2D eigenvalue weighted by Gasteiger charge is -2.45. The van der Waals surface area contributed by atoms with Gasteiger partial charge < -0.3 is 14.5 Å². The van der Waals surface area contributed by atoms with Crippen molar-refractivity contribution in [1.82, 2.24) is 14.5 Å². The summed E-state index contributed by atoms with van der Waals surface area (Å²) in [5, 5.41) is 2.58. The molecule has 5 rings (SSSR count). The van der Waals surface area contributed by atoms with Crippen LogP contribution in [0, 0.1) is 11.3 Å². The molecule has 0 saturated carbocycles. The first kappa shape index (κ1) is 28.2. The number of nitrogens with zero attached hydrogens (tertiary/aromatic N) is 2. The van der Waals surface area contributed by atoms with Crippen molar-refractivity contribution in [2.75, 3.05) is 39.5 Å². The number of fused-ring (bicyclic) bond motifs is 1. The molecule has 208 valence electrons. The first-order chi connectivity index (χ1) is 18.8. The van der Waals surface area contributed by atoms with Gasteiger partial charge in [-0.05, 0) is 85.1 Å². The fourth-order valence-electron chi connectivity index (χ4n) is 5.83. The smallest absolute Gasteiger partial charge is 0.229 e. The summed E-state index contributed by atoms with van der Waals surface area (Å²) in [5.41, 5.74) is 0.520. The number of amides is 1. The maximum Gasteiger partial charge on any atom is 0.229 e. The van der Waals surface area contributed by atoms with Crippen molar-refractivity contribution in [2.45, 2.75) is 57.0 Å². The van der Waals surface area contributed by atoms with E-state index in [2.05, 4.69) is 82.4 Å². The van der Waals surface area contributed by atoms with Gasteiger partial charge >= 0.3 is 0 Å². The maximum atomic E-state index is 12.8. The SMILES string of the molecule is CC(C)(C)C(=O)N1CCC(CCN2CCC(CNSc3ccc4ccccc4c3)CC2)(c2ccccc2)OC1. The number of piperidine rings is 1. The van der Waals surface area contributed by atoms with Crippen LogP contribution in [0.1, 0.15) is 52.0 Å². The average Bonchev–Trinajstić information content (AvgIpc) is 2.96. The van der Waals surface area contributed by atoms with Crippen molar-refractivity contribution >= 4 is 28.6 Å². The molecule has 5 nitrogen and oxygen atoms in total. The molecule has 2 aliphatic heterocycles. The highest BCUT2D eigenvalue weighted by Crippen LogP contribution is 2.38. The number of ether oxygens (including phenoxy) is 1. The van der Waals surface area contributed by atoms with Crippen LogP contribution in [0.15, 0.2) is 77.7 Å². The quantitative estimate of drug-likeness (QED) is 0.320. The van der Waals surface area contributed by atoms with Gasteiger partial charge in [-0.15, -0.1) is 0 Å². The number of hydrogen-bond donors (Lipinski definition) is 1. The van der Waals surface area contributed by atoms with Crippen LogP contribution in [-0.4, -0.2) is 55.2 Å². The Morgan fingerprint density at radius 3 is 2.38 bits per heavy atom. The van der Waals surface area contributed by atoms with E-state index in [1.54, 1.807) is 11.9 Å². The second-order valence-corrected chi connectivity index (χ2v) is 13.2. The Morgan fingerprint density at radius 2 is 1.69 bits per heavy atom. The number of hydrogen-bond acceptors (Lipinski definition) is 5. The largest absolute Gasteiger partial charge is 0.350 e. The molecule has 1 amide bonds. The van der Waals surface area contributed by atoms with Crippen molar-refractivity contribution in [2.24, 2.45) is 11.3 Å². The second kappa shape index (κ2) is 12.4. The van der Waals surface area contributed by atoms with E-state index in [1.807, 2.05) is 25.7 Å². The Balaban J connectivity index is 1.10. The third-order valence-corrected chi connectivity index (χ3v) is 9.13. The van der Waals surface area contributed by atoms with Crippen molar-refractivity contribution in [3.63, 3.8) is 0 Å². The molecule has 3 aromatic rings. The number of likely N-dealkylation sites (tertiary alicyclic amines) is 1. The van der Waals surface area contributed by atoms with E-state index < -0.39 is 0 Å². The molecule has 1 atom stereocenters. The number of carbonyl (C=O) groups is 1. The van der Waals surface area contributed by atoms with Crippen molar-refractivity contribution in [1.29, 1.82) is 0 Å². The molecule has 3 aromatic carbocycles. The molecule has 0 aromatic heterocycles. The van der Waals surface area contributed by atoms with Crippen molar-refractivity contribution in [3.05, 3.63) is 78.4 Å². The first-order valence-electron chi connectivity index (χ1n) is 14.4. The summed E-state index contributed by atoms with van der Waals surface area (Å²) >= 11 is 1.75. The predicted octanol–water partition coefficient (Wildman–Crippen LogP) is 6.69. The van der Waals surface area contributed by atoms with Gasteiger partial charge in [0.1, 0.15) is 6.73 Å². The van der Waals surface area contributed by atoms with Crippen molar-refractivity contribution < 1.29 is 9.53 Å². The predicted molar refractivity (Wildman–Crippen MR) is 161 cm³/mol. The van der Waals surface area contributed by atoms with E-state index in [4.69, 9.17) is 4.74 Å². The van der Waals surface area contributed by atoms with Gasteiger partial charge in [0.05, 0.1) is 5.60 Å². The third-order valence-electron chi connectivity index (χ3n) is 8.33. The molecular weight excluding hydrogens is 502 g/mol. The Kier molecular flexibility index (Phi) is 8.97. The van der Waals surface area contributed by atoms with Gasteiger partial charge in [-0.1, -0.05) is 81.4 Å². The molecule has 6 heteroatoms. The van der Waals surface area contributed by atoms with Gasteiger partial charge in [-0.3, -0.25) is 9.52 Å². The summed E-state index contributed by atoms with van der Waals surface area (Å²) in [6, 6.07) is 25.8. The van der Waals surface area contributed by atoms with Gasteiger partial charge in [-0.2, -0.15) is 0 Å². The van der Waals surface area contributed by atoms with Gasteiger partial charge in [-0.25, -0.2) is 0 Å². The van der Waals surface area contributed by atoms with Crippen LogP contribution >= 0.6 is 11.9 Å². The van der Waals surface area contributed by atoms with E-state index in [9.17, 15) is 4.79 Å². The zero-order chi connectivity index (χ0) is 27.3. The summed E-state index contributed by atoms with van der Waals surface area (Å²) in [4.78, 5) is 18.6. The summed E-state index contributed by atoms with van der Waals surface area (Å²) in [7, 11) is 0. The number of rotatable bonds is 8. The summed E-state index contributed by atoms with van der Waals surface area (Å²) < 4.78 is 10.2. The highest BCUT2D eigenvalue weighted by atomic mass is 32.2. The van der Waals surface area contributed by atoms with Crippen LogP contribution in [0.25, 0.3) is 10.8 Å². The summed E-state index contributed by atoms with van der Waals surface area (Å²) in [6.45, 7) is 11.4. The Bertz CT molecular complexity index is 1230. The molecule has 39 heavy (non-hydrogen) atoms. The standard InChI is InChI=1S/C33H43N3O2S/c1-32(2,3)31(37)36-22-18-33(38-25-36,29-11-5-4-6-12-29)17-21-35-19-15-26(16-20-35)24-34-39-30-14-13-27-9-7-8-10-28(27)23-30/h4-14,23,26,34H,15-22,24-25H2,1-3H3. The molecule has 2 fully saturated rings. The lowest BCUT2D eigenvalue weighted by molar-refractivity contribution is -0.175. The lowest BCUT2D eigenvalue weighted by atomic mass is 9.84. The molecule has 0 bridgehead atoms. The van der Waals surface area contributed by atoms with E-state index in [-0.39, 0.29) is 16.9 Å². The third kappa shape index (κ3) is 7.04. The van der Waals surface area contributed by atoms with E-state index in [1.165, 1.54) is 34.1 Å². The first-order valence-corrected chi connectivity index (χ1v) is 15.2. The highest BCUT2D eigenvalue weighted by Gasteiger charge is 2.40. The molecule has 0 spiro atoms. The van der Waals surface area contributed by atoms with Crippen LogP contribution in [0.2, 0.25) is 0 Å². The Labute approximate surface area is 238 Å². The average molecular weight is 546 g/mol. The maximum absolute atomic E-state index is 12.8. The topological polar surface area (TPSA) is 44.8 Å². The number of nitrogens with one attached hydrogen (secondary N) is 1. The molecule has 1 N–H and O–H groups in total. The minimum Gasteiger partial charge on any atom is -0.350 e. The van der Waals surface area contributed by atoms with Gasteiger partial charge in [0.15, 0.2) is 0 Å².